The number of rotatable bonds is 8. The maximum Gasteiger partial charge on any atom is 0.250 e. The molecule has 0 unspecified atom stereocenters. The number of anilines is 1. The Kier molecular flexibility index (Phi) is 5.95. The molecule has 30 heavy (non-hydrogen) atoms. The topological polar surface area (TPSA) is 72.9 Å². The van der Waals surface area contributed by atoms with Crippen LogP contribution in [0.25, 0.3) is 11.4 Å². The van der Waals surface area contributed by atoms with Gasteiger partial charge in [0.15, 0.2) is 5.13 Å². The molecule has 6 heteroatoms. The Morgan fingerprint density at radius 2 is 1.73 bits per heavy atom. The minimum Gasteiger partial charge on any atom is -0.366 e. The van der Waals surface area contributed by atoms with Gasteiger partial charge < -0.3 is 15.6 Å². The van der Waals surface area contributed by atoms with Gasteiger partial charge in [-0.25, -0.2) is 4.98 Å². The number of thiazole rings is 1. The van der Waals surface area contributed by atoms with Gasteiger partial charge in [-0.2, -0.15) is 0 Å². The number of nitrogens with zero attached hydrogens (tertiary/aromatic N) is 2. The van der Waals surface area contributed by atoms with Crippen LogP contribution in [0.2, 0.25) is 0 Å². The molecule has 0 fully saturated rings. The molecule has 2 aromatic heterocycles. The summed E-state index contributed by atoms with van der Waals surface area (Å²) < 4.78 is 2.14. The number of carbonyl (C=O) groups is 1. The molecule has 1 amide bonds. The van der Waals surface area contributed by atoms with E-state index in [9.17, 15) is 4.79 Å². The Morgan fingerprint density at radius 1 is 1.07 bits per heavy atom. The molecule has 4 rings (SSSR count). The summed E-state index contributed by atoms with van der Waals surface area (Å²) in [6.45, 7) is 3.41. The average Bonchev–Trinajstić information content (AvgIpc) is 3.36. The first-order chi connectivity index (χ1) is 14.6. The first kappa shape index (κ1) is 19.9. The summed E-state index contributed by atoms with van der Waals surface area (Å²) in [6.07, 6.45) is 0.866. The SMILES string of the molecule is Cc1c(C(N)=O)cc(-c2csc(NCc3ccccc3)n2)n1CCc1ccccc1. The number of nitrogens with two attached hydrogens (primary N) is 1. The normalized spacial score (nSPS) is 10.8. The Labute approximate surface area is 180 Å². The summed E-state index contributed by atoms with van der Waals surface area (Å²) in [7, 11) is 0. The van der Waals surface area contributed by atoms with E-state index in [1.165, 1.54) is 11.1 Å². The van der Waals surface area contributed by atoms with Gasteiger partial charge in [0, 0.05) is 24.2 Å². The number of amides is 1. The van der Waals surface area contributed by atoms with Crippen molar-refractivity contribution in [1.29, 1.82) is 0 Å². The molecule has 2 aromatic carbocycles. The highest BCUT2D eigenvalue weighted by Crippen LogP contribution is 2.29. The number of aromatic nitrogens is 2. The van der Waals surface area contributed by atoms with Crippen molar-refractivity contribution >= 4 is 22.4 Å². The number of hydrogen-bond acceptors (Lipinski definition) is 4. The first-order valence-electron chi connectivity index (χ1n) is 9.89. The predicted molar refractivity (Wildman–Crippen MR) is 123 cm³/mol. The zero-order chi connectivity index (χ0) is 20.9. The molecular formula is C24H24N4OS. The van der Waals surface area contributed by atoms with Crippen LogP contribution in [0.15, 0.2) is 72.1 Å². The average molecular weight is 417 g/mol. The molecule has 0 saturated heterocycles. The van der Waals surface area contributed by atoms with Gasteiger partial charge in [-0.05, 0) is 30.5 Å². The van der Waals surface area contributed by atoms with E-state index < -0.39 is 5.91 Å². The van der Waals surface area contributed by atoms with Crippen molar-refractivity contribution in [2.24, 2.45) is 5.73 Å². The van der Waals surface area contributed by atoms with E-state index in [4.69, 9.17) is 10.7 Å². The lowest BCUT2D eigenvalue weighted by Crippen LogP contribution is -2.13. The highest BCUT2D eigenvalue weighted by atomic mass is 32.1. The van der Waals surface area contributed by atoms with Gasteiger partial charge >= 0.3 is 0 Å². The highest BCUT2D eigenvalue weighted by molar-refractivity contribution is 7.14. The molecule has 0 saturated carbocycles. The Balaban J connectivity index is 1.57. The van der Waals surface area contributed by atoms with E-state index in [2.05, 4.69) is 34.1 Å². The van der Waals surface area contributed by atoms with E-state index >= 15 is 0 Å². The van der Waals surface area contributed by atoms with Crippen molar-refractivity contribution in [3.8, 4) is 11.4 Å². The zero-order valence-corrected chi connectivity index (χ0v) is 17.7. The third-order valence-electron chi connectivity index (χ3n) is 5.15. The molecule has 0 aliphatic carbocycles. The number of carbonyl (C=O) groups excluding carboxylic acids is 1. The fourth-order valence-corrected chi connectivity index (χ4v) is 4.23. The minimum absolute atomic E-state index is 0.412. The molecular weight excluding hydrogens is 392 g/mol. The molecule has 5 nitrogen and oxygen atoms in total. The maximum absolute atomic E-state index is 11.9. The summed E-state index contributed by atoms with van der Waals surface area (Å²) in [6, 6.07) is 22.4. The predicted octanol–water partition coefficient (Wildman–Crippen LogP) is 4.87. The Hall–Kier alpha value is -3.38. The van der Waals surface area contributed by atoms with Crippen LogP contribution in [0.1, 0.15) is 27.2 Å². The van der Waals surface area contributed by atoms with Gasteiger partial charge in [0.2, 0.25) is 0 Å². The molecule has 0 aliphatic heterocycles. The van der Waals surface area contributed by atoms with Crippen LogP contribution in [0.5, 0.6) is 0 Å². The molecule has 0 radical (unpaired) electrons. The monoisotopic (exact) mass is 416 g/mol. The van der Waals surface area contributed by atoms with Gasteiger partial charge in [-0.1, -0.05) is 60.7 Å². The lowest BCUT2D eigenvalue weighted by Gasteiger charge is -2.11. The second-order valence-corrected chi connectivity index (χ2v) is 8.02. The van der Waals surface area contributed by atoms with Crippen LogP contribution in [-0.2, 0) is 19.5 Å². The van der Waals surface area contributed by atoms with E-state index in [1.54, 1.807) is 11.3 Å². The Morgan fingerprint density at radius 3 is 2.40 bits per heavy atom. The second kappa shape index (κ2) is 8.97. The molecule has 2 heterocycles. The Bertz CT molecular complexity index is 1130. The van der Waals surface area contributed by atoms with Crippen molar-refractivity contribution < 1.29 is 4.79 Å². The standard InChI is InChI=1S/C24H24N4OS/c1-17-20(23(25)29)14-22(28(17)13-12-18-8-4-2-5-9-18)21-16-30-24(27-21)26-15-19-10-6-3-7-11-19/h2-11,14,16H,12-13,15H2,1H3,(H2,25,29)(H,26,27). The van der Waals surface area contributed by atoms with Gasteiger partial charge in [0.05, 0.1) is 17.0 Å². The smallest absolute Gasteiger partial charge is 0.250 e. The lowest BCUT2D eigenvalue weighted by molar-refractivity contribution is 0.0999. The third kappa shape index (κ3) is 4.44. The van der Waals surface area contributed by atoms with E-state index in [0.29, 0.717) is 12.1 Å². The quantitative estimate of drug-likeness (QED) is 0.430. The zero-order valence-electron chi connectivity index (χ0n) is 16.8. The summed E-state index contributed by atoms with van der Waals surface area (Å²) in [5.41, 5.74) is 11.3. The summed E-state index contributed by atoms with van der Waals surface area (Å²) in [5.74, 6) is -0.412. The molecule has 4 aromatic rings. The number of benzene rings is 2. The van der Waals surface area contributed by atoms with Crippen LogP contribution < -0.4 is 11.1 Å². The van der Waals surface area contributed by atoms with E-state index in [0.717, 1.165) is 35.2 Å². The molecule has 3 N–H and O–H groups in total. The van der Waals surface area contributed by atoms with Crippen LogP contribution in [-0.4, -0.2) is 15.5 Å². The highest BCUT2D eigenvalue weighted by Gasteiger charge is 2.18. The largest absolute Gasteiger partial charge is 0.366 e. The van der Waals surface area contributed by atoms with Gasteiger partial charge in [-0.15, -0.1) is 11.3 Å². The molecule has 0 bridgehead atoms. The van der Waals surface area contributed by atoms with Gasteiger partial charge in [-0.3, -0.25) is 4.79 Å². The molecule has 152 valence electrons. The second-order valence-electron chi connectivity index (χ2n) is 7.16. The number of hydrogen-bond donors (Lipinski definition) is 2. The van der Waals surface area contributed by atoms with Crippen molar-refractivity contribution in [3.05, 3.63) is 94.5 Å². The number of nitrogens with one attached hydrogen (secondary N) is 1. The van der Waals surface area contributed by atoms with Gasteiger partial charge in [0.1, 0.15) is 0 Å². The fourth-order valence-electron chi connectivity index (χ4n) is 3.53. The molecule has 0 aliphatic rings. The maximum atomic E-state index is 11.9. The minimum atomic E-state index is -0.412. The number of primary amides is 1. The lowest BCUT2D eigenvalue weighted by atomic mass is 10.1. The first-order valence-corrected chi connectivity index (χ1v) is 10.8. The molecule has 0 atom stereocenters. The van der Waals surface area contributed by atoms with Crippen LogP contribution in [0.4, 0.5) is 5.13 Å². The van der Waals surface area contributed by atoms with Crippen molar-refractivity contribution in [2.45, 2.75) is 26.4 Å². The van der Waals surface area contributed by atoms with Crippen molar-refractivity contribution in [3.63, 3.8) is 0 Å². The van der Waals surface area contributed by atoms with Gasteiger partial charge in [0.25, 0.3) is 5.91 Å². The van der Waals surface area contributed by atoms with Crippen LogP contribution >= 0.6 is 11.3 Å². The molecule has 0 spiro atoms. The summed E-state index contributed by atoms with van der Waals surface area (Å²) >= 11 is 1.56. The van der Waals surface area contributed by atoms with E-state index in [-0.39, 0.29) is 0 Å². The van der Waals surface area contributed by atoms with Crippen LogP contribution in [0, 0.1) is 6.92 Å². The van der Waals surface area contributed by atoms with Crippen molar-refractivity contribution in [2.75, 3.05) is 5.32 Å². The summed E-state index contributed by atoms with van der Waals surface area (Å²) in [4.78, 5) is 16.7. The number of aryl methyl sites for hydroxylation is 1. The van der Waals surface area contributed by atoms with E-state index in [1.807, 2.05) is 54.8 Å². The van der Waals surface area contributed by atoms with Crippen molar-refractivity contribution in [1.82, 2.24) is 9.55 Å². The van der Waals surface area contributed by atoms with Crippen LogP contribution in [0.3, 0.4) is 0 Å². The summed E-state index contributed by atoms with van der Waals surface area (Å²) in [5, 5.41) is 6.25. The fraction of sp³-hybridized carbons (Fsp3) is 0.167. The third-order valence-corrected chi connectivity index (χ3v) is 5.95.